The molecule has 0 unspecified atom stereocenters. The third kappa shape index (κ3) is 37.9. The molecule has 0 amide bonds. The predicted molar refractivity (Wildman–Crippen MR) is 214 cm³/mol. The van der Waals surface area contributed by atoms with Crippen LogP contribution in [0, 0.1) is 0 Å². The Labute approximate surface area is 307 Å². The smallest absolute Gasteiger partial charge is 0.306 e. The average molecular weight is 695 g/mol. The monoisotopic (exact) mass is 695 g/mol. The fourth-order valence-electron chi connectivity index (χ4n) is 5.09. The van der Waals surface area contributed by atoms with E-state index < -0.39 is 6.10 Å². The van der Waals surface area contributed by atoms with E-state index in [9.17, 15) is 14.7 Å². The van der Waals surface area contributed by atoms with Crippen molar-refractivity contribution in [2.45, 2.75) is 174 Å². The van der Waals surface area contributed by atoms with Crippen LogP contribution in [0.4, 0.5) is 0 Å². The van der Waals surface area contributed by atoms with Crippen molar-refractivity contribution in [3.63, 3.8) is 0 Å². The molecule has 0 aromatic carbocycles. The molecule has 0 aromatic rings. The van der Waals surface area contributed by atoms with Gasteiger partial charge in [-0.15, -0.1) is 0 Å². The number of aliphatic hydroxyl groups is 1. The number of hydrogen-bond acceptors (Lipinski definition) is 5. The maximum Gasteiger partial charge on any atom is 0.306 e. The first kappa shape index (κ1) is 47.1. The lowest BCUT2D eigenvalue weighted by Crippen LogP contribution is -2.28. The Kier molecular flexibility index (Phi) is 38.1. The SMILES string of the molecule is CCCCCC=CCC=CCC=CCC=CCC=CCCC(=O)OC[C@H](CO)OC(=O)CCCCCCCCCC=CCC=CCCCCC. The van der Waals surface area contributed by atoms with Gasteiger partial charge in [0.25, 0.3) is 0 Å². The molecule has 0 rings (SSSR count). The van der Waals surface area contributed by atoms with Crippen molar-refractivity contribution in [3.05, 3.63) is 85.1 Å². The highest BCUT2D eigenvalue weighted by atomic mass is 16.6. The number of aliphatic hydroxyl groups excluding tert-OH is 1. The molecule has 0 heterocycles. The Hall–Kier alpha value is -2.92. The summed E-state index contributed by atoms with van der Waals surface area (Å²) < 4.78 is 10.5. The van der Waals surface area contributed by atoms with Gasteiger partial charge in [0.05, 0.1) is 6.61 Å². The molecule has 0 aliphatic rings. The largest absolute Gasteiger partial charge is 0.462 e. The van der Waals surface area contributed by atoms with Crippen LogP contribution in [0.3, 0.4) is 0 Å². The number of rotatable bonds is 35. The van der Waals surface area contributed by atoms with Gasteiger partial charge in [0, 0.05) is 12.8 Å². The first-order chi connectivity index (χ1) is 24.6. The lowest BCUT2D eigenvalue weighted by Gasteiger charge is -2.15. The molecule has 0 radical (unpaired) electrons. The summed E-state index contributed by atoms with van der Waals surface area (Å²) in [7, 11) is 0. The number of carbonyl (C=O) groups excluding carboxylic acids is 2. The minimum atomic E-state index is -0.810. The fraction of sp³-hybridized carbons (Fsp3) is 0.644. The van der Waals surface area contributed by atoms with Crippen LogP contribution >= 0.6 is 0 Å². The molecule has 0 aromatic heterocycles. The highest BCUT2D eigenvalue weighted by Gasteiger charge is 2.15. The first-order valence-corrected chi connectivity index (χ1v) is 20.1. The molecule has 0 saturated carbocycles. The molecule has 5 heteroatoms. The number of allylic oxidation sites excluding steroid dienone is 14. The van der Waals surface area contributed by atoms with Crippen LogP contribution < -0.4 is 0 Å². The van der Waals surface area contributed by atoms with Gasteiger partial charge in [-0.05, 0) is 83.5 Å². The summed E-state index contributed by atoms with van der Waals surface area (Å²) in [6.07, 6.45) is 55.0. The second-order valence-corrected chi connectivity index (χ2v) is 13.0. The molecular formula is C45H74O5. The van der Waals surface area contributed by atoms with Gasteiger partial charge < -0.3 is 14.6 Å². The van der Waals surface area contributed by atoms with Crippen molar-refractivity contribution in [1.29, 1.82) is 0 Å². The Bertz CT molecular complexity index is 968. The molecule has 1 N–H and O–H groups in total. The lowest BCUT2D eigenvalue weighted by molar-refractivity contribution is -0.161. The zero-order chi connectivity index (χ0) is 36.4. The van der Waals surface area contributed by atoms with Crippen molar-refractivity contribution < 1.29 is 24.2 Å². The van der Waals surface area contributed by atoms with Crippen LogP contribution in [0.2, 0.25) is 0 Å². The van der Waals surface area contributed by atoms with E-state index in [0.29, 0.717) is 12.8 Å². The summed E-state index contributed by atoms with van der Waals surface area (Å²) in [6.45, 7) is 4.00. The van der Waals surface area contributed by atoms with Crippen LogP contribution in [-0.2, 0) is 19.1 Å². The van der Waals surface area contributed by atoms with Crippen molar-refractivity contribution in [2.24, 2.45) is 0 Å². The Morgan fingerprint density at radius 2 is 0.840 bits per heavy atom. The molecular weight excluding hydrogens is 620 g/mol. The molecule has 0 saturated heterocycles. The van der Waals surface area contributed by atoms with Crippen molar-refractivity contribution in [3.8, 4) is 0 Å². The predicted octanol–water partition coefficient (Wildman–Crippen LogP) is 12.7. The van der Waals surface area contributed by atoms with Crippen LogP contribution in [0.25, 0.3) is 0 Å². The number of esters is 2. The van der Waals surface area contributed by atoms with E-state index in [2.05, 4.69) is 86.8 Å². The molecule has 1 atom stereocenters. The van der Waals surface area contributed by atoms with Gasteiger partial charge in [0.2, 0.25) is 0 Å². The van der Waals surface area contributed by atoms with Gasteiger partial charge in [0.1, 0.15) is 6.61 Å². The zero-order valence-corrected chi connectivity index (χ0v) is 32.1. The normalized spacial score (nSPS) is 13.1. The standard InChI is InChI=1S/C45H74O5/c1-3-5-7-9-11-13-15-17-19-21-22-24-25-27-29-31-33-35-37-39-44(47)49-42-43(41-46)50-45(48)40-38-36-34-32-30-28-26-23-20-18-16-14-12-10-8-6-4-2/h11-14,17-20,22,24,27,29,33,35,43,46H,3-10,15-16,21,23,25-26,28,30-32,34,36-42H2,1-2H3/t43-/m0/s1. The molecule has 284 valence electrons. The topological polar surface area (TPSA) is 72.8 Å². The van der Waals surface area contributed by atoms with Crippen LogP contribution in [0.5, 0.6) is 0 Å². The molecule has 0 fully saturated rings. The van der Waals surface area contributed by atoms with Gasteiger partial charge in [-0.25, -0.2) is 0 Å². The Morgan fingerprint density at radius 3 is 1.28 bits per heavy atom. The molecule has 0 bridgehead atoms. The molecule has 0 aliphatic carbocycles. The summed E-state index contributed by atoms with van der Waals surface area (Å²) in [4.78, 5) is 24.2. The second kappa shape index (κ2) is 40.5. The van der Waals surface area contributed by atoms with Gasteiger partial charge in [-0.1, -0.05) is 157 Å². The van der Waals surface area contributed by atoms with Gasteiger partial charge in [-0.3, -0.25) is 9.59 Å². The van der Waals surface area contributed by atoms with Crippen molar-refractivity contribution in [2.75, 3.05) is 13.2 Å². The second-order valence-electron chi connectivity index (χ2n) is 13.0. The van der Waals surface area contributed by atoms with Gasteiger partial charge in [0.15, 0.2) is 6.10 Å². The lowest BCUT2D eigenvalue weighted by atomic mass is 10.1. The first-order valence-electron chi connectivity index (χ1n) is 20.1. The molecule has 5 nitrogen and oxygen atoms in total. The van der Waals surface area contributed by atoms with Crippen LogP contribution in [0.1, 0.15) is 168 Å². The minimum absolute atomic E-state index is 0.113. The van der Waals surface area contributed by atoms with E-state index in [1.165, 1.54) is 77.0 Å². The quantitative estimate of drug-likeness (QED) is 0.0406. The Morgan fingerprint density at radius 1 is 0.460 bits per heavy atom. The van der Waals surface area contributed by atoms with Gasteiger partial charge >= 0.3 is 11.9 Å². The molecule has 50 heavy (non-hydrogen) atoms. The fourth-order valence-corrected chi connectivity index (χ4v) is 5.09. The number of hydrogen-bond donors (Lipinski definition) is 1. The van der Waals surface area contributed by atoms with E-state index >= 15 is 0 Å². The molecule has 0 aliphatic heterocycles. The number of unbranched alkanes of at least 4 members (excludes halogenated alkanes) is 13. The van der Waals surface area contributed by atoms with E-state index in [0.717, 1.165) is 57.8 Å². The van der Waals surface area contributed by atoms with E-state index in [1.54, 1.807) is 0 Å². The third-order valence-corrected chi connectivity index (χ3v) is 8.17. The number of carbonyl (C=O) groups is 2. The zero-order valence-electron chi connectivity index (χ0n) is 32.1. The summed E-state index contributed by atoms with van der Waals surface area (Å²) in [6, 6.07) is 0. The van der Waals surface area contributed by atoms with Crippen LogP contribution in [-0.4, -0.2) is 36.4 Å². The molecule has 0 spiro atoms. The maximum atomic E-state index is 12.2. The van der Waals surface area contributed by atoms with E-state index in [-0.39, 0.29) is 31.6 Å². The maximum absolute atomic E-state index is 12.2. The average Bonchev–Trinajstić information content (AvgIpc) is 3.12. The van der Waals surface area contributed by atoms with Crippen LogP contribution in [0.15, 0.2) is 85.1 Å². The van der Waals surface area contributed by atoms with E-state index in [1.807, 2.05) is 12.2 Å². The summed E-state index contributed by atoms with van der Waals surface area (Å²) in [5.74, 6) is -0.703. The van der Waals surface area contributed by atoms with E-state index in [4.69, 9.17) is 9.47 Å². The highest BCUT2D eigenvalue weighted by Crippen LogP contribution is 2.11. The summed E-state index contributed by atoms with van der Waals surface area (Å²) in [5.41, 5.74) is 0. The van der Waals surface area contributed by atoms with Crippen molar-refractivity contribution >= 4 is 11.9 Å². The van der Waals surface area contributed by atoms with Gasteiger partial charge in [-0.2, -0.15) is 0 Å². The summed E-state index contributed by atoms with van der Waals surface area (Å²) in [5, 5.41) is 9.55. The summed E-state index contributed by atoms with van der Waals surface area (Å²) >= 11 is 0. The minimum Gasteiger partial charge on any atom is -0.462 e. The third-order valence-electron chi connectivity index (χ3n) is 8.17. The highest BCUT2D eigenvalue weighted by molar-refractivity contribution is 5.70. The number of ether oxygens (including phenoxy) is 2. The Balaban J connectivity index is 3.72. The van der Waals surface area contributed by atoms with Crippen molar-refractivity contribution in [1.82, 2.24) is 0 Å².